The van der Waals surface area contributed by atoms with Crippen molar-refractivity contribution < 1.29 is 9.18 Å². The number of carbonyl (C=O) groups is 1. The Hall–Kier alpha value is -1.13. The molecule has 0 bridgehead atoms. The molecule has 4 unspecified atom stereocenters. The summed E-state index contributed by atoms with van der Waals surface area (Å²) in [6.07, 6.45) is 2.21. The second kappa shape index (κ2) is 6.32. The van der Waals surface area contributed by atoms with Crippen molar-refractivity contribution in [2.24, 2.45) is 17.6 Å². The Morgan fingerprint density at radius 1 is 1.38 bits per heavy atom. The van der Waals surface area contributed by atoms with E-state index < -0.39 is 0 Å². The zero-order valence-electron chi connectivity index (χ0n) is 12.2. The quantitative estimate of drug-likeness (QED) is 0.912. The summed E-state index contributed by atoms with van der Waals surface area (Å²) in [5.74, 6) is 0.535. The highest BCUT2D eigenvalue weighted by atomic mass is 35.5. The number of likely N-dealkylation sites (tertiary alicyclic amines) is 1. The third kappa shape index (κ3) is 3.06. The fourth-order valence-corrected chi connectivity index (χ4v) is 3.68. The summed E-state index contributed by atoms with van der Waals surface area (Å²) in [6.45, 7) is 3.44. The molecule has 1 aromatic carbocycles. The van der Waals surface area contributed by atoms with Crippen molar-refractivity contribution in [3.8, 4) is 0 Å². The minimum atomic E-state index is -0.291. The molecular weight excluding hydrogens is 291 g/mol. The van der Waals surface area contributed by atoms with E-state index in [1.165, 1.54) is 12.1 Å². The summed E-state index contributed by atoms with van der Waals surface area (Å²) >= 11 is 0. The molecule has 3 rings (SSSR count). The minimum absolute atomic E-state index is 0. The molecule has 2 fully saturated rings. The average molecular weight is 313 g/mol. The van der Waals surface area contributed by atoms with Crippen LogP contribution >= 0.6 is 12.4 Å². The first kappa shape index (κ1) is 16.2. The molecule has 0 radical (unpaired) electrons. The van der Waals surface area contributed by atoms with Gasteiger partial charge in [0.2, 0.25) is 5.91 Å². The zero-order valence-corrected chi connectivity index (χ0v) is 13.0. The van der Waals surface area contributed by atoms with Gasteiger partial charge in [0.1, 0.15) is 5.82 Å². The van der Waals surface area contributed by atoms with Crippen molar-refractivity contribution in [1.82, 2.24) is 4.90 Å². The van der Waals surface area contributed by atoms with E-state index in [-0.39, 0.29) is 36.1 Å². The molecule has 1 aromatic rings. The summed E-state index contributed by atoms with van der Waals surface area (Å²) in [4.78, 5) is 14.5. The molecule has 1 aliphatic carbocycles. The molecule has 0 aromatic heterocycles. The van der Waals surface area contributed by atoms with Gasteiger partial charge in [-0.2, -0.15) is 0 Å². The van der Waals surface area contributed by atoms with Crippen molar-refractivity contribution in [3.05, 3.63) is 35.6 Å². The van der Waals surface area contributed by atoms with Crippen LogP contribution in [0.4, 0.5) is 4.39 Å². The lowest BCUT2D eigenvalue weighted by Gasteiger charge is -2.22. The predicted octanol–water partition coefficient (Wildman–Crippen LogP) is 2.55. The molecule has 1 amide bonds. The Kier molecular flexibility index (Phi) is 4.89. The molecule has 21 heavy (non-hydrogen) atoms. The van der Waals surface area contributed by atoms with Crippen LogP contribution in [0, 0.1) is 17.7 Å². The van der Waals surface area contributed by atoms with Crippen LogP contribution in [0.1, 0.15) is 31.2 Å². The predicted molar refractivity (Wildman–Crippen MR) is 82.8 cm³/mol. The first-order valence-electron chi connectivity index (χ1n) is 7.36. The van der Waals surface area contributed by atoms with Gasteiger partial charge in [0.05, 0.1) is 5.92 Å². The first-order valence-corrected chi connectivity index (χ1v) is 7.36. The molecular formula is C16H22ClFN2O. The summed E-state index contributed by atoms with van der Waals surface area (Å²) in [7, 11) is 0. The molecule has 1 aliphatic heterocycles. The smallest absolute Gasteiger partial charge is 0.229 e. The van der Waals surface area contributed by atoms with Crippen LogP contribution in [-0.4, -0.2) is 29.9 Å². The SMILES string of the molecule is CC(C(=O)N1CC2CCC(N)C2C1)c1cccc(F)c1.Cl. The Balaban J connectivity index is 0.00000161. The van der Waals surface area contributed by atoms with E-state index in [1.54, 1.807) is 6.07 Å². The Morgan fingerprint density at radius 3 is 2.81 bits per heavy atom. The maximum atomic E-state index is 13.3. The highest BCUT2D eigenvalue weighted by Gasteiger charge is 2.43. The topological polar surface area (TPSA) is 46.3 Å². The van der Waals surface area contributed by atoms with E-state index >= 15 is 0 Å². The lowest BCUT2D eigenvalue weighted by Crippen LogP contribution is -2.35. The highest BCUT2D eigenvalue weighted by molar-refractivity contribution is 5.85. The van der Waals surface area contributed by atoms with Gasteiger partial charge < -0.3 is 10.6 Å². The number of halogens is 2. The lowest BCUT2D eigenvalue weighted by atomic mass is 9.98. The lowest BCUT2D eigenvalue weighted by molar-refractivity contribution is -0.131. The highest BCUT2D eigenvalue weighted by Crippen LogP contribution is 2.38. The number of rotatable bonds is 2. The Bertz CT molecular complexity index is 525. The van der Waals surface area contributed by atoms with Gasteiger partial charge in [-0.1, -0.05) is 12.1 Å². The number of carbonyl (C=O) groups excluding carboxylic acids is 1. The number of nitrogens with zero attached hydrogens (tertiary/aromatic N) is 1. The number of amides is 1. The number of hydrogen-bond donors (Lipinski definition) is 1. The van der Waals surface area contributed by atoms with Gasteiger partial charge in [0, 0.05) is 19.1 Å². The van der Waals surface area contributed by atoms with Crippen molar-refractivity contribution in [1.29, 1.82) is 0 Å². The van der Waals surface area contributed by atoms with Crippen LogP contribution in [0.15, 0.2) is 24.3 Å². The standard InChI is InChI=1S/C16H21FN2O.ClH/c1-10(11-3-2-4-13(17)7-11)16(20)19-8-12-5-6-15(18)14(12)9-19;/h2-4,7,10,12,14-15H,5-6,8-9,18H2,1H3;1H. The molecule has 5 heteroatoms. The number of nitrogens with two attached hydrogens (primary N) is 1. The van der Waals surface area contributed by atoms with Gasteiger partial charge in [-0.15, -0.1) is 12.4 Å². The molecule has 2 N–H and O–H groups in total. The molecule has 4 atom stereocenters. The van der Waals surface area contributed by atoms with Gasteiger partial charge in [-0.3, -0.25) is 4.79 Å². The molecule has 3 nitrogen and oxygen atoms in total. The van der Waals surface area contributed by atoms with Crippen LogP contribution in [0.2, 0.25) is 0 Å². The van der Waals surface area contributed by atoms with E-state index in [2.05, 4.69) is 0 Å². The van der Waals surface area contributed by atoms with Gasteiger partial charge in [0.15, 0.2) is 0 Å². The number of hydrogen-bond acceptors (Lipinski definition) is 2. The fraction of sp³-hybridized carbons (Fsp3) is 0.562. The largest absolute Gasteiger partial charge is 0.342 e. The molecule has 1 saturated carbocycles. The maximum Gasteiger partial charge on any atom is 0.229 e. The monoisotopic (exact) mass is 312 g/mol. The van der Waals surface area contributed by atoms with Crippen molar-refractivity contribution in [2.75, 3.05) is 13.1 Å². The average Bonchev–Trinajstić information content (AvgIpc) is 3.00. The van der Waals surface area contributed by atoms with Gasteiger partial charge in [-0.25, -0.2) is 4.39 Å². The third-order valence-corrected chi connectivity index (χ3v) is 4.94. The molecule has 2 aliphatic rings. The van der Waals surface area contributed by atoms with Crippen molar-refractivity contribution in [2.45, 2.75) is 31.7 Å². The van der Waals surface area contributed by atoms with Crippen LogP contribution < -0.4 is 5.73 Å². The minimum Gasteiger partial charge on any atom is -0.342 e. The van der Waals surface area contributed by atoms with E-state index in [0.29, 0.717) is 11.8 Å². The second-order valence-electron chi connectivity index (χ2n) is 6.19. The van der Waals surface area contributed by atoms with Crippen molar-refractivity contribution in [3.63, 3.8) is 0 Å². The summed E-state index contributed by atoms with van der Waals surface area (Å²) in [5, 5.41) is 0. The van der Waals surface area contributed by atoms with E-state index in [1.807, 2.05) is 17.9 Å². The normalized spacial score (nSPS) is 28.9. The molecule has 1 saturated heterocycles. The van der Waals surface area contributed by atoms with Crippen molar-refractivity contribution >= 4 is 18.3 Å². The summed E-state index contributed by atoms with van der Waals surface area (Å²) in [5.41, 5.74) is 6.85. The van der Waals surface area contributed by atoms with Crippen LogP contribution in [0.5, 0.6) is 0 Å². The molecule has 0 spiro atoms. The van der Waals surface area contributed by atoms with Gasteiger partial charge in [0.25, 0.3) is 0 Å². The third-order valence-electron chi connectivity index (χ3n) is 4.94. The van der Waals surface area contributed by atoms with Crippen LogP contribution in [0.25, 0.3) is 0 Å². The maximum absolute atomic E-state index is 13.3. The van der Waals surface area contributed by atoms with Gasteiger partial charge >= 0.3 is 0 Å². The van der Waals surface area contributed by atoms with E-state index in [4.69, 9.17) is 5.73 Å². The van der Waals surface area contributed by atoms with E-state index in [9.17, 15) is 9.18 Å². The van der Waals surface area contributed by atoms with Crippen LogP contribution in [0.3, 0.4) is 0 Å². The Labute approximate surface area is 131 Å². The number of fused-ring (bicyclic) bond motifs is 1. The molecule has 1 heterocycles. The summed E-state index contributed by atoms with van der Waals surface area (Å²) in [6, 6.07) is 6.56. The second-order valence-corrected chi connectivity index (χ2v) is 6.19. The molecule has 116 valence electrons. The van der Waals surface area contributed by atoms with Crippen LogP contribution in [-0.2, 0) is 4.79 Å². The fourth-order valence-electron chi connectivity index (χ4n) is 3.68. The number of benzene rings is 1. The van der Waals surface area contributed by atoms with E-state index in [0.717, 1.165) is 31.5 Å². The first-order chi connectivity index (χ1) is 9.56. The zero-order chi connectivity index (χ0) is 14.3. The summed E-state index contributed by atoms with van der Waals surface area (Å²) < 4.78 is 13.3. The Morgan fingerprint density at radius 2 is 2.14 bits per heavy atom. The van der Waals surface area contributed by atoms with Gasteiger partial charge in [-0.05, 0) is 49.3 Å².